The number of H-pyrrole nitrogens is 1. The number of carbonyl (C=O) groups excluding carboxylic acids is 1. The second kappa shape index (κ2) is 7.10. The third kappa shape index (κ3) is 3.39. The van der Waals surface area contributed by atoms with Gasteiger partial charge in [-0.15, -0.1) is 0 Å². The number of nitrogens with one attached hydrogen (secondary N) is 1. The highest BCUT2D eigenvalue weighted by atomic mass is 16.5. The molecule has 0 aliphatic heterocycles. The van der Waals surface area contributed by atoms with Gasteiger partial charge in [0.1, 0.15) is 5.69 Å². The highest BCUT2D eigenvalue weighted by molar-refractivity contribution is 5.95. The molecular weight excluding hydrogens is 254 g/mol. The fraction of sp³-hybridized carbons (Fsp3) is 0.438. The van der Waals surface area contributed by atoms with Crippen molar-refractivity contribution in [3.05, 3.63) is 35.5 Å². The number of esters is 1. The van der Waals surface area contributed by atoms with Gasteiger partial charge in [0, 0.05) is 17.5 Å². The zero-order valence-corrected chi connectivity index (χ0v) is 11.8. The maximum absolute atomic E-state index is 11.7. The SMILES string of the molecule is CCOC(=O)c1cc2cccc(CCCCCO)c2[nH]1. The number of rotatable bonds is 7. The Hall–Kier alpha value is -1.81. The van der Waals surface area contributed by atoms with Gasteiger partial charge in [-0.05, 0) is 37.8 Å². The van der Waals surface area contributed by atoms with E-state index >= 15 is 0 Å². The van der Waals surface area contributed by atoms with E-state index in [4.69, 9.17) is 9.84 Å². The molecule has 0 amide bonds. The Morgan fingerprint density at radius 3 is 2.90 bits per heavy atom. The third-order valence-electron chi connectivity index (χ3n) is 3.34. The molecule has 0 fully saturated rings. The lowest BCUT2D eigenvalue weighted by Gasteiger charge is -2.03. The summed E-state index contributed by atoms with van der Waals surface area (Å²) in [6.07, 6.45) is 3.83. The third-order valence-corrected chi connectivity index (χ3v) is 3.34. The molecule has 2 N–H and O–H groups in total. The average Bonchev–Trinajstić information content (AvgIpc) is 2.89. The Balaban J connectivity index is 2.16. The van der Waals surface area contributed by atoms with Crippen molar-refractivity contribution in [3.63, 3.8) is 0 Å². The number of unbranched alkanes of at least 4 members (excludes halogenated alkanes) is 2. The van der Waals surface area contributed by atoms with Gasteiger partial charge < -0.3 is 14.8 Å². The van der Waals surface area contributed by atoms with Crippen LogP contribution in [0.2, 0.25) is 0 Å². The summed E-state index contributed by atoms with van der Waals surface area (Å²) in [6.45, 7) is 2.43. The minimum atomic E-state index is -0.310. The van der Waals surface area contributed by atoms with Gasteiger partial charge >= 0.3 is 5.97 Å². The lowest BCUT2D eigenvalue weighted by molar-refractivity contribution is 0.0520. The number of aliphatic hydroxyl groups is 1. The van der Waals surface area contributed by atoms with Crippen molar-refractivity contribution in [2.45, 2.75) is 32.6 Å². The minimum absolute atomic E-state index is 0.250. The first kappa shape index (κ1) is 14.6. The molecule has 0 aliphatic carbocycles. The molecular formula is C16H21NO3. The summed E-state index contributed by atoms with van der Waals surface area (Å²) >= 11 is 0. The molecule has 108 valence electrons. The Bertz CT molecular complexity index is 574. The topological polar surface area (TPSA) is 62.3 Å². The maximum atomic E-state index is 11.7. The first-order valence-corrected chi connectivity index (χ1v) is 7.15. The van der Waals surface area contributed by atoms with Gasteiger partial charge in [0.2, 0.25) is 0 Å². The summed E-state index contributed by atoms with van der Waals surface area (Å²) in [7, 11) is 0. The average molecular weight is 275 g/mol. The quantitative estimate of drug-likeness (QED) is 0.603. The van der Waals surface area contributed by atoms with Crippen LogP contribution in [0.1, 0.15) is 42.2 Å². The second-order valence-electron chi connectivity index (χ2n) is 4.82. The molecule has 0 bridgehead atoms. The van der Waals surface area contributed by atoms with Gasteiger partial charge in [0.15, 0.2) is 0 Å². The summed E-state index contributed by atoms with van der Waals surface area (Å²) in [5.41, 5.74) is 2.72. The Morgan fingerprint density at radius 2 is 2.15 bits per heavy atom. The largest absolute Gasteiger partial charge is 0.461 e. The van der Waals surface area contributed by atoms with Crippen LogP contribution < -0.4 is 0 Å². The van der Waals surface area contributed by atoms with E-state index in [2.05, 4.69) is 11.1 Å². The first-order chi connectivity index (χ1) is 9.76. The molecule has 0 radical (unpaired) electrons. The second-order valence-corrected chi connectivity index (χ2v) is 4.82. The van der Waals surface area contributed by atoms with E-state index < -0.39 is 0 Å². The van der Waals surface area contributed by atoms with Crippen molar-refractivity contribution in [2.75, 3.05) is 13.2 Å². The zero-order chi connectivity index (χ0) is 14.4. The van der Waals surface area contributed by atoms with Gasteiger partial charge in [0.05, 0.1) is 6.61 Å². The number of benzene rings is 1. The smallest absolute Gasteiger partial charge is 0.354 e. The normalized spacial score (nSPS) is 10.9. The van der Waals surface area contributed by atoms with Crippen LogP contribution in [0, 0.1) is 0 Å². The number of aliphatic hydroxyl groups excluding tert-OH is 1. The van der Waals surface area contributed by atoms with E-state index in [0.717, 1.165) is 36.6 Å². The van der Waals surface area contributed by atoms with E-state index in [0.29, 0.717) is 12.3 Å². The Kier molecular flexibility index (Phi) is 5.18. The highest BCUT2D eigenvalue weighted by Crippen LogP contribution is 2.21. The number of carbonyl (C=O) groups is 1. The van der Waals surface area contributed by atoms with Crippen LogP contribution in [-0.2, 0) is 11.2 Å². The lowest BCUT2D eigenvalue weighted by Crippen LogP contribution is -2.04. The summed E-state index contributed by atoms with van der Waals surface area (Å²) in [6, 6.07) is 7.91. The molecule has 0 unspecified atom stereocenters. The number of ether oxygens (including phenoxy) is 1. The van der Waals surface area contributed by atoms with E-state index in [1.54, 1.807) is 6.92 Å². The molecule has 0 aliphatic rings. The van der Waals surface area contributed by atoms with Gasteiger partial charge in [0.25, 0.3) is 0 Å². The molecule has 0 atom stereocenters. The molecule has 4 heteroatoms. The van der Waals surface area contributed by atoms with E-state index in [1.807, 2.05) is 18.2 Å². The number of fused-ring (bicyclic) bond motifs is 1. The fourth-order valence-electron chi connectivity index (χ4n) is 2.35. The monoisotopic (exact) mass is 275 g/mol. The van der Waals surface area contributed by atoms with Crippen LogP contribution in [0.25, 0.3) is 10.9 Å². The number of aryl methyl sites for hydroxylation is 1. The summed E-state index contributed by atoms with van der Waals surface area (Å²) < 4.78 is 5.01. The molecule has 4 nitrogen and oxygen atoms in total. The van der Waals surface area contributed by atoms with Crippen LogP contribution in [0.4, 0.5) is 0 Å². The Labute approximate surface area is 118 Å². The highest BCUT2D eigenvalue weighted by Gasteiger charge is 2.11. The Morgan fingerprint density at radius 1 is 1.30 bits per heavy atom. The molecule has 0 saturated heterocycles. The molecule has 0 saturated carbocycles. The van der Waals surface area contributed by atoms with Crippen molar-refractivity contribution in [2.24, 2.45) is 0 Å². The predicted octanol–water partition coefficient (Wildman–Crippen LogP) is 3.05. The van der Waals surface area contributed by atoms with Crippen molar-refractivity contribution < 1.29 is 14.6 Å². The number of aromatic nitrogens is 1. The van der Waals surface area contributed by atoms with E-state index in [1.165, 1.54) is 5.56 Å². The minimum Gasteiger partial charge on any atom is -0.461 e. The number of aromatic amines is 1. The van der Waals surface area contributed by atoms with Crippen molar-refractivity contribution in [1.29, 1.82) is 0 Å². The molecule has 1 aromatic carbocycles. The summed E-state index contributed by atoms with van der Waals surface area (Å²) in [5.74, 6) is -0.310. The van der Waals surface area contributed by atoms with Crippen molar-refractivity contribution in [1.82, 2.24) is 4.98 Å². The zero-order valence-electron chi connectivity index (χ0n) is 11.8. The first-order valence-electron chi connectivity index (χ1n) is 7.15. The standard InChI is InChI=1S/C16H21NO3/c1-2-20-16(19)14-11-13-9-6-8-12(15(13)17-14)7-4-3-5-10-18/h6,8-9,11,17-18H,2-5,7,10H2,1H3. The summed E-state index contributed by atoms with van der Waals surface area (Å²) in [5, 5.41) is 9.83. The molecule has 0 spiro atoms. The van der Waals surface area contributed by atoms with Crippen LogP contribution in [0.15, 0.2) is 24.3 Å². The van der Waals surface area contributed by atoms with Crippen LogP contribution in [0.5, 0.6) is 0 Å². The summed E-state index contributed by atoms with van der Waals surface area (Å²) in [4.78, 5) is 14.9. The number of para-hydroxylation sites is 1. The fourth-order valence-corrected chi connectivity index (χ4v) is 2.35. The molecule has 2 aromatic rings. The van der Waals surface area contributed by atoms with E-state index in [-0.39, 0.29) is 12.6 Å². The molecule has 20 heavy (non-hydrogen) atoms. The van der Waals surface area contributed by atoms with Gasteiger partial charge in [-0.1, -0.05) is 24.6 Å². The predicted molar refractivity (Wildman–Crippen MR) is 78.9 cm³/mol. The lowest BCUT2D eigenvalue weighted by atomic mass is 10.0. The van der Waals surface area contributed by atoms with Gasteiger partial charge in [-0.3, -0.25) is 0 Å². The molecule has 1 heterocycles. The van der Waals surface area contributed by atoms with Gasteiger partial charge in [-0.2, -0.15) is 0 Å². The molecule has 1 aromatic heterocycles. The van der Waals surface area contributed by atoms with Crippen LogP contribution in [0.3, 0.4) is 0 Å². The number of hydrogen-bond donors (Lipinski definition) is 2. The maximum Gasteiger partial charge on any atom is 0.354 e. The van der Waals surface area contributed by atoms with Crippen molar-refractivity contribution >= 4 is 16.9 Å². The van der Waals surface area contributed by atoms with Crippen LogP contribution >= 0.6 is 0 Å². The number of hydrogen-bond acceptors (Lipinski definition) is 3. The van der Waals surface area contributed by atoms with E-state index in [9.17, 15) is 4.79 Å². The van der Waals surface area contributed by atoms with Gasteiger partial charge in [-0.25, -0.2) is 4.79 Å². The molecule has 2 rings (SSSR count). The van der Waals surface area contributed by atoms with Crippen LogP contribution in [-0.4, -0.2) is 29.3 Å². The van der Waals surface area contributed by atoms with Crippen molar-refractivity contribution in [3.8, 4) is 0 Å².